The average Bonchev–Trinajstić information content (AvgIpc) is 3.17. The van der Waals surface area contributed by atoms with Gasteiger partial charge in [0.25, 0.3) is 0 Å². The molecule has 0 aliphatic heterocycles. The van der Waals surface area contributed by atoms with E-state index in [4.69, 9.17) is 22.1 Å². The molecule has 0 bridgehead atoms. The molecule has 1 heterocycles. The number of nitrogens with zero attached hydrogens (tertiary/aromatic N) is 2. The van der Waals surface area contributed by atoms with Crippen LogP contribution in [-0.2, 0) is 4.74 Å². The van der Waals surface area contributed by atoms with Crippen LogP contribution in [0.2, 0.25) is 5.02 Å². The highest BCUT2D eigenvalue weighted by Gasteiger charge is 2.27. The molecule has 0 atom stereocenters. The Morgan fingerprint density at radius 2 is 2.29 bits per heavy atom. The molecule has 2 N–H and O–H groups in total. The molecule has 110 valence electrons. The van der Waals surface area contributed by atoms with Crippen LogP contribution in [0.25, 0.3) is 5.69 Å². The fourth-order valence-electron chi connectivity index (χ4n) is 2.28. The van der Waals surface area contributed by atoms with Crippen molar-refractivity contribution in [2.45, 2.75) is 25.7 Å². The molecule has 1 aliphatic carbocycles. The first-order chi connectivity index (χ1) is 10.1. The summed E-state index contributed by atoms with van der Waals surface area (Å²) in [6, 6.07) is 5.13. The molecular weight excluding hydrogens is 290 g/mol. The molecule has 0 unspecified atom stereocenters. The van der Waals surface area contributed by atoms with Crippen LogP contribution in [0.5, 0.6) is 0 Å². The van der Waals surface area contributed by atoms with Gasteiger partial charge in [-0.25, -0.2) is 9.48 Å². The SMILES string of the molecule is CCOC(=O)c1cc(N)cc(Cl)c1-n1ccc(C2CC2)n1. The molecule has 6 heteroatoms. The Labute approximate surface area is 127 Å². The summed E-state index contributed by atoms with van der Waals surface area (Å²) in [5, 5.41) is 4.90. The lowest BCUT2D eigenvalue weighted by atomic mass is 10.1. The minimum absolute atomic E-state index is 0.289. The second kappa shape index (κ2) is 5.41. The van der Waals surface area contributed by atoms with Crippen LogP contribution in [0, 0.1) is 0 Å². The number of hydrogen-bond donors (Lipinski definition) is 1. The number of nitrogen functional groups attached to an aromatic ring is 1. The second-order valence-corrected chi connectivity index (χ2v) is 5.49. The zero-order valence-corrected chi connectivity index (χ0v) is 12.4. The van der Waals surface area contributed by atoms with Crippen molar-refractivity contribution in [2.24, 2.45) is 0 Å². The van der Waals surface area contributed by atoms with E-state index in [1.54, 1.807) is 23.7 Å². The summed E-state index contributed by atoms with van der Waals surface area (Å²) in [6.45, 7) is 2.04. The molecule has 0 amide bonds. The molecule has 1 fully saturated rings. The number of aromatic nitrogens is 2. The lowest BCUT2D eigenvalue weighted by molar-refractivity contribution is 0.0526. The molecule has 21 heavy (non-hydrogen) atoms. The number of rotatable bonds is 4. The van der Waals surface area contributed by atoms with Crippen LogP contribution >= 0.6 is 11.6 Å². The van der Waals surface area contributed by atoms with E-state index in [1.807, 2.05) is 12.3 Å². The van der Waals surface area contributed by atoms with Gasteiger partial charge in [-0.05, 0) is 38.0 Å². The molecule has 0 spiro atoms. The minimum Gasteiger partial charge on any atom is -0.462 e. The first kappa shape index (κ1) is 13.9. The van der Waals surface area contributed by atoms with E-state index in [2.05, 4.69) is 5.10 Å². The van der Waals surface area contributed by atoms with E-state index in [0.717, 1.165) is 18.5 Å². The standard InChI is InChI=1S/C15H16ClN3O2/c1-2-21-15(20)11-7-10(17)8-12(16)14(11)19-6-5-13(18-19)9-3-4-9/h5-9H,2-4,17H2,1H3. The summed E-state index contributed by atoms with van der Waals surface area (Å²) in [4.78, 5) is 12.1. The highest BCUT2D eigenvalue weighted by molar-refractivity contribution is 6.33. The monoisotopic (exact) mass is 305 g/mol. The van der Waals surface area contributed by atoms with Gasteiger partial charge in [-0.3, -0.25) is 0 Å². The Kier molecular flexibility index (Phi) is 3.59. The summed E-state index contributed by atoms with van der Waals surface area (Å²) < 4.78 is 6.70. The number of halogens is 1. The normalized spacial score (nSPS) is 14.2. The number of ether oxygens (including phenoxy) is 1. The first-order valence-electron chi connectivity index (χ1n) is 6.92. The minimum atomic E-state index is -0.454. The van der Waals surface area contributed by atoms with Gasteiger partial charge in [-0.2, -0.15) is 5.10 Å². The van der Waals surface area contributed by atoms with Gasteiger partial charge in [0.05, 0.1) is 28.6 Å². The van der Waals surface area contributed by atoms with Crippen LogP contribution in [0.1, 0.15) is 41.7 Å². The maximum Gasteiger partial charge on any atom is 0.340 e. The molecule has 1 aliphatic rings. The lowest BCUT2D eigenvalue weighted by Gasteiger charge is -2.12. The smallest absolute Gasteiger partial charge is 0.340 e. The van der Waals surface area contributed by atoms with Crippen molar-refractivity contribution >= 4 is 23.3 Å². The predicted octanol–water partition coefficient (Wildman–Crippen LogP) is 3.16. The topological polar surface area (TPSA) is 70.1 Å². The highest BCUT2D eigenvalue weighted by atomic mass is 35.5. The van der Waals surface area contributed by atoms with Crippen LogP contribution in [0.15, 0.2) is 24.4 Å². The van der Waals surface area contributed by atoms with Gasteiger partial charge in [-0.1, -0.05) is 11.6 Å². The number of hydrogen-bond acceptors (Lipinski definition) is 4. The Morgan fingerprint density at radius 1 is 1.52 bits per heavy atom. The maximum atomic E-state index is 12.1. The molecule has 3 rings (SSSR count). The fraction of sp³-hybridized carbons (Fsp3) is 0.333. The van der Waals surface area contributed by atoms with E-state index in [-0.39, 0.29) is 6.61 Å². The summed E-state index contributed by atoms with van der Waals surface area (Å²) >= 11 is 6.27. The van der Waals surface area contributed by atoms with Crippen LogP contribution in [0.3, 0.4) is 0 Å². The molecule has 1 aromatic carbocycles. The quantitative estimate of drug-likeness (QED) is 0.696. The molecule has 2 aromatic rings. The molecule has 0 saturated heterocycles. The van der Waals surface area contributed by atoms with Gasteiger partial charge >= 0.3 is 5.97 Å². The first-order valence-corrected chi connectivity index (χ1v) is 7.30. The third-order valence-corrected chi connectivity index (χ3v) is 3.70. The lowest BCUT2D eigenvalue weighted by Crippen LogP contribution is -2.11. The molecular formula is C15H16ClN3O2. The van der Waals surface area contributed by atoms with Crippen molar-refractivity contribution < 1.29 is 9.53 Å². The number of anilines is 1. The van der Waals surface area contributed by atoms with Crippen molar-refractivity contribution in [3.8, 4) is 5.69 Å². The highest BCUT2D eigenvalue weighted by Crippen LogP contribution is 2.39. The Hall–Kier alpha value is -2.01. The summed E-state index contributed by atoms with van der Waals surface area (Å²) in [6.07, 6.45) is 4.14. The third-order valence-electron chi connectivity index (χ3n) is 3.42. The average molecular weight is 306 g/mol. The van der Waals surface area contributed by atoms with Crippen molar-refractivity contribution in [3.05, 3.63) is 40.7 Å². The maximum absolute atomic E-state index is 12.1. The van der Waals surface area contributed by atoms with E-state index in [9.17, 15) is 4.79 Å². The van der Waals surface area contributed by atoms with Gasteiger partial charge in [0.1, 0.15) is 0 Å². The number of nitrogens with two attached hydrogens (primary N) is 1. The largest absolute Gasteiger partial charge is 0.462 e. The van der Waals surface area contributed by atoms with Crippen LogP contribution < -0.4 is 5.73 Å². The Bertz CT molecular complexity index is 692. The van der Waals surface area contributed by atoms with Crippen molar-refractivity contribution in [1.82, 2.24) is 9.78 Å². The third kappa shape index (κ3) is 2.74. The number of carbonyl (C=O) groups excluding carboxylic acids is 1. The number of esters is 1. The van der Waals surface area contributed by atoms with Gasteiger partial charge < -0.3 is 10.5 Å². The van der Waals surface area contributed by atoms with E-state index in [1.165, 1.54) is 0 Å². The summed E-state index contributed by atoms with van der Waals surface area (Å²) in [5.74, 6) is 0.0787. The van der Waals surface area contributed by atoms with Crippen molar-refractivity contribution in [2.75, 3.05) is 12.3 Å². The van der Waals surface area contributed by atoms with Crippen molar-refractivity contribution in [1.29, 1.82) is 0 Å². The van der Waals surface area contributed by atoms with Crippen LogP contribution in [0.4, 0.5) is 5.69 Å². The zero-order chi connectivity index (χ0) is 15.0. The van der Waals surface area contributed by atoms with Crippen molar-refractivity contribution in [3.63, 3.8) is 0 Å². The Morgan fingerprint density at radius 3 is 2.95 bits per heavy atom. The molecule has 1 aromatic heterocycles. The van der Waals surface area contributed by atoms with E-state index < -0.39 is 5.97 Å². The number of carbonyl (C=O) groups is 1. The Balaban J connectivity index is 2.08. The van der Waals surface area contributed by atoms with Gasteiger partial charge in [0.15, 0.2) is 0 Å². The van der Waals surface area contributed by atoms with Gasteiger partial charge in [-0.15, -0.1) is 0 Å². The summed E-state index contributed by atoms with van der Waals surface area (Å²) in [7, 11) is 0. The second-order valence-electron chi connectivity index (χ2n) is 5.08. The molecule has 1 saturated carbocycles. The van der Waals surface area contributed by atoms with E-state index in [0.29, 0.717) is 27.9 Å². The zero-order valence-electron chi connectivity index (χ0n) is 11.7. The van der Waals surface area contributed by atoms with E-state index >= 15 is 0 Å². The molecule has 5 nitrogen and oxygen atoms in total. The summed E-state index contributed by atoms with van der Waals surface area (Å²) in [5.41, 5.74) is 8.06. The fourth-order valence-corrected chi connectivity index (χ4v) is 2.59. The van der Waals surface area contributed by atoms with Gasteiger partial charge in [0.2, 0.25) is 0 Å². The van der Waals surface area contributed by atoms with Crippen LogP contribution in [-0.4, -0.2) is 22.4 Å². The predicted molar refractivity (Wildman–Crippen MR) is 80.9 cm³/mol. The number of benzene rings is 1. The molecule has 0 radical (unpaired) electrons. The van der Waals surface area contributed by atoms with Gasteiger partial charge in [0, 0.05) is 17.8 Å².